The zero-order chi connectivity index (χ0) is 11.1. The summed E-state index contributed by atoms with van der Waals surface area (Å²) >= 11 is 0. The average Bonchev–Trinajstić information content (AvgIpc) is 2.20. The molecule has 2 atom stereocenters. The minimum absolute atomic E-state index is 0.0342. The lowest BCUT2D eigenvalue weighted by molar-refractivity contribution is -0.143. The van der Waals surface area contributed by atoms with Crippen LogP contribution >= 0.6 is 0 Å². The Morgan fingerprint density at radius 2 is 2.27 bits per heavy atom. The van der Waals surface area contributed by atoms with E-state index < -0.39 is 5.97 Å². The molecule has 0 saturated carbocycles. The molecule has 1 rings (SSSR count). The Kier molecular flexibility index (Phi) is 5.69. The van der Waals surface area contributed by atoms with Crippen molar-refractivity contribution in [2.75, 3.05) is 6.61 Å². The minimum Gasteiger partial charge on any atom is -0.481 e. The van der Waals surface area contributed by atoms with Crippen molar-refractivity contribution in [2.45, 2.75) is 58.0 Å². The molecule has 1 saturated heterocycles. The van der Waals surface area contributed by atoms with Crippen molar-refractivity contribution in [3.63, 3.8) is 0 Å². The van der Waals surface area contributed by atoms with Crippen molar-refractivity contribution >= 4 is 5.97 Å². The number of carboxylic acid groups (broad SMARTS) is 1. The summed E-state index contributed by atoms with van der Waals surface area (Å²) in [5.41, 5.74) is 0. The summed E-state index contributed by atoms with van der Waals surface area (Å²) in [6.07, 6.45) is 7.18. The highest BCUT2D eigenvalue weighted by atomic mass is 16.5. The molecule has 3 nitrogen and oxygen atoms in total. The first kappa shape index (κ1) is 12.5. The Morgan fingerprint density at radius 1 is 1.47 bits per heavy atom. The van der Waals surface area contributed by atoms with Gasteiger partial charge in [0.25, 0.3) is 0 Å². The second-order valence-electron chi connectivity index (χ2n) is 4.41. The predicted octanol–water partition coefficient (Wildman–Crippen LogP) is 2.84. The molecule has 1 heterocycles. The maximum Gasteiger partial charge on any atom is 0.305 e. The van der Waals surface area contributed by atoms with E-state index in [2.05, 4.69) is 6.92 Å². The van der Waals surface area contributed by atoms with Crippen molar-refractivity contribution < 1.29 is 14.6 Å². The van der Waals surface area contributed by atoms with E-state index in [4.69, 9.17) is 9.84 Å². The largest absolute Gasteiger partial charge is 0.481 e. The summed E-state index contributed by atoms with van der Waals surface area (Å²) in [5.74, 6) is -0.260. The second kappa shape index (κ2) is 6.83. The SMILES string of the molecule is CCCCCC1CCCOC1CC(=O)O. The normalized spacial score (nSPS) is 26.5. The van der Waals surface area contributed by atoms with E-state index in [1.54, 1.807) is 0 Å². The number of carboxylic acids is 1. The molecule has 0 aromatic rings. The number of aliphatic carboxylic acids is 1. The molecule has 0 aliphatic carbocycles. The van der Waals surface area contributed by atoms with Crippen LogP contribution in [0.4, 0.5) is 0 Å². The molecule has 2 unspecified atom stereocenters. The number of rotatable bonds is 6. The van der Waals surface area contributed by atoms with E-state index in [9.17, 15) is 4.79 Å². The average molecular weight is 214 g/mol. The molecule has 0 bridgehead atoms. The first-order valence-electron chi connectivity index (χ1n) is 6.07. The van der Waals surface area contributed by atoms with Crippen molar-refractivity contribution in [2.24, 2.45) is 5.92 Å². The van der Waals surface area contributed by atoms with Gasteiger partial charge in [0, 0.05) is 6.61 Å². The van der Waals surface area contributed by atoms with Gasteiger partial charge in [-0.3, -0.25) is 4.79 Å². The molecule has 1 N–H and O–H groups in total. The topological polar surface area (TPSA) is 46.5 Å². The van der Waals surface area contributed by atoms with Gasteiger partial charge < -0.3 is 9.84 Å². The highest BCUT2D eigenvalue weighted by molar-refractivity contribution is 5.67. The van der Waals surface area contributed by atoms with Crippen LogP contribution < -0.4 is 0 Å². The predicted molar refractivity (Wildman–Crippen MR) is 58.9 cm³/mol. The van der Waals surface area contributed by atoms with Gasteiger partial charge in [-0.05, 0) is 25.2 Å². The molecule has 0 spiro atoms. The van der Waals surface area contributed by atoms with E-state index in [1.165, 1.54) is 19.3 Å². The number of ether oxygens (including phenoxy) is 1. The van der Waals surface area contributed by atoms with Gasteiger partial charge in [-0.1, -0.05) is 26.2 Å². The molecule has 0 aromatic carbocycles. The van der Waals surface area contributed by atoms with Gasteiger partial charge >= 0.3 is 5.97 Å². The monoisotopic (exact) mass is 214 g/mol. The second-order valence-corrected chi connectivity index (χ2v) is 4.41. The molecule has 0 amide bonds. The molecule has 88 valence electrons. The van der Waals surface area contributed by atoms with Gasteiger partial charge in [-0.15, -0.1) is 0 Å². The zero-order valence-corrected chi connectivity index (χ0v) is 9.58. The first-order valence-corrected chi connectivity index (χ1v) is 6.07. The van der Waals surface area contributed by atoms with Crippen molar-refractivity contribution in [1.82, 2.24) is 0 Å². The van der Waals surface area contributed by atoms with Crippen LogP contribution in [0.3, 0.4) is 0 Å². The fraction of sp³-hybridized carbons (Fsp3) is 0.917. The molecule has 1 aliphatic rings. The quantitative estimate of drug-likeness (QED) is 0.691. The number of hydrogen-bond donors (Lipinski definition) is 1. The lowest BCUT2D eigenvalue weighted by Gasteiger charge is -2.30. The Morgan fingerprint density at radius 3 is 2.93 bits per heavy atom. The third-order valence-electron chi connectivity index (χ3n) is 3.13. The fourth-order valence-corrected chi connectivity index (χ4v) is 2.29. The molecule has 15 heavy (non-hydrogen) atoms. The molecule has 1 fully saturated rings. The van der Waals surface area contributed by atoms with Crippen LogP contribution in [0.5, 0.6) is 0 Å². The smallest absolute Gasteiger partial charge is 0.305 e. The molecule has 1 aliphatic heterocycles. The summed E-state index contributed by atoms with van der Waals surface area (Å²) in [4.78, 5) is 10.7. The third kappa shape index (κ3) is 4.65. The van der Waals surface area contributed by atoms with Gasteiger partial charge in [0.15, 0.2) is 0 Å². The van der Waals surface area contributed by atoms with Gasteiger partial charge in [0.1, 0.15) is 0 Å². The Labute approximate surface area is 91.8 Å². The standard InChI is InChI=1S/C12H22O3/c1-2-3-4-6-10-7-5-8-15-11(10)9-12(13)14/h10-11H,2-9H2,1H3,(H,13,14). The number of unbranched alkanes of at least 4 members (excludes halogenated alkanes) is 2. The molecule has 0 aromatic heterocycles. The minimum atomic E-state index is -0.734. The maximum absolute atomic E-state index is 10.7. The van der Waals surface area contributed by atoms with E-state index in [0.29, 0.717) is 5.92 Å². The molecular weight excluding hydrogens is 192 g/mol. The zero-order valence-electron chi connectivity index (χ0n) is 9.58. The number of hydrogen-bond acceptors (Lipinski definition) is 2. The highest BCUT2D eigenvalue weighted by Crippen LogP contribution is 2.27. The molecule has 0 radical (unpaired) electrons. The van der Waals surface area contributed by atoms with Crippen LogP contribution in [0.2, 0.25) is 0 Å². The summed E-state index contributed by atoms with van der Waals surface area (Å²) in [6, 6.07) is 0. The van der Waals surface area contributed by atoms with E-state index in [0.717, 1.165) is 25.9 Å². The van der Waals surface area contributed by atoms with Crippen molar-refractivity contribution in [3.05, 3.63) is 0 Å². The van der Waals surface area contributed by atoms with Crippen LogP contribution in [0.25, 0.3) is 0 Å². The third-order valence-corrected chi connectivity index (χ3v) is 3.13. The first-order chi connectivity index (χ1) is 7.24. The van der Waals surface area contributed by atoms with Gasteiger partial charge in [-0.2, -0.15) is 0 Å². The maximum atomic E-state index is 10.7. The van der Waals surface area contributed by atoms with E-state index in [-0.39, 0.29) is 12.5 Å². The van der Waals surface area contributed by atoms with Gasteiger partial charge in [-0.25, -0.2) is 0 Å². The van der Waals surface area contributed by atoms with Crippen LogP contribution in [0.1, 0.15) is 51.9 Å². The Balaban J connectivity index is 2.32. The molecule has 3 heteroatoms. The van der Waals surface area contributed by atoms with Crippen LogP contribution in [-0.4, -0.2) is 23.8 Å². The highest BCUT2D eigenvalue weighted by Gasteiger charge is 2.27. The van der Waals surface area contributed by atoms with Gasteiger partial charge in [0.2, 0.25) is 0 Å². The Bertz CT molecular complexity index is 191. The van der Waals surface area contributed by atoms with Crippen LogP contribution in [0.15, 0.2) is 0 Å². The summed E-state index contributed by atoms with van der Waals surface area (Å²) in [7, 11) is 0. The summed E-state index contributed by atoms with van der Waals surface area (Å²) in [6.45, 7) is 2.92. The van der Waals surface area contributed by atoms with Crippen molar-refractivity contribution in [1.29, 1.82) is 0 Å². The van der Waals surface area contributed by atoms with E-state index in [1.807, 2.05) is 0 Å². The summed E-state index contributed by atoms with van der Waals surface area (Å²) < 4.78 is 5.55. The Hall–Kier alpha value is -0.570. The summed E-state index contributed by atoms with van der Waals surface area (Å²) in [5, 5.41) is 8.78. The fourth-order valence-electron chi connectivity index (χ4n) is 2.29. The molecular formula is C12H22O3. The van der Waals surface area contributed by atoms with E-state index >= 15 is 0 Å². The van der Waals surface area contributed by atoms with Crippen LogP contribution in [-0.2, 0) is 9.53 Å². The van der Waals surface area contributed by atoms with Crippen molar-refractivity contribution in [3.8, 4) is 0 Å². The lowest BCUT2D eigenvalue weighted by atomic mass is 9.87. The van der Waals surface area contributed by atoms with Gasteiger partial charge in [0.05, 0.1) is 12.5 Å². The number of carbonyl (C=O) groups is 1. The lowest BCUT2D eigenvalue weighted by Crippen LogP contribution is -2.31. The van der Waals surface area contributed by atoms with Crippen LogP contribution in [0, 0.1) is 5.92 Å².